The fourth-order valence-electron chi connectivity index (χ4n) is 8.52. The SMILES string of the molecule is C=CCN1CC#CCC(NC(=O)[C@H](C)N)C(=O)N[C@H](Cc2c[nH]c3ccccc23)C(=O)N[C@@H](C)C(=O)N[C@@H](Cc2c[nH]c3ccccc23)C(=O)C[C@H](Cc2ccccc2)C(=O)N[C@H](C(N)=O)CCCC1. The number of nitrogens with zero attached hydrogens (tertiary/aromatic N) is 1. The average Bonchev–Trinajstić information content (AvgIpc) is 3.95. The van der Waals surface area contributed by atoms with E-state index in [1.54, 1.807) is 18.5 Å². The van der Waals surface area contributed by atoms with Crippen molar-refractivity contribution < 1.29 is 33.6 Å². The predicted molar refractivity (Wildman–Crippen MR) is 268 cm³/mol. The van der Waals surface area contributed by atoms with Crippen molar-refractivity contribution in [1.29, 1.82) is 0 Å². The van der Waals surface area contributed by atoms with E-state index in [4.69, 9.17) is 11.5 Å². The highest BCUT2D eigenvalue weighted by Crippen LogP contribution is 2.23. The Morgan fingerprint density at radius 2 is 1.39 bits per heavy atom. The minimum Gasteiger partial charge on any atom is -0.368 e. The number of rotatable bonds is 11. The molecule has 6 amide bonds. The molecule has 11 N–H and O–H groups in total. The normalized spacial score (nSPS) is 22.5. The first kappa shape index (κ1) is 51.8. The third-order valence-corrected chi connectivity index (χ3v) is 12.5. The zero-order chi connectivity index (χ0) is 50.2. The lowest BCUT2D eigenvalue weighted by Crippen LogP contribution is -2.58. The van der Waals surface area contributed by atoms with Crippen molar-refractivity contribution in [2.24, 2.45) is 17.4 Å². The van der Waals surface area contributed by atoms with Gasteiger partial charge in [-0.05, 0) is 74.9 Å². The molecule has 2 aromatic heterocycles. The number of nitrogens with two attached hydrogens (primary N) is 2. The number of H-pyrrole nitrogens is 2. The molecule has 368 valence electrons. The molecule has 3 aromatic carbocycles. The summed E-state index contributed by atoms with van der Waals surface area (Å²) in [6.45, 7) is 8.11. The number of primary amides is 1. The number of nitrogens with one attached hydrogen (secondary N) is 7. The van der Waals surface area contributed by atoms with Crippen molar-refractivity contribution in [1.82, 2.24) is 41.5 Å². The highest BCUT2D eigenvalue weighted by atomic mass is 16.2. The number of hydrogen-bond donors (Lipinski definition) is 9. The maximum atomic E-state index is 14.7. The first-order valence-electron chi connectivity index (χ1n) is 23.7. The summed E-state index contributed by atoms with van der Waals surface area (Å²) in [4.78, 5) is 106. The fourth-order valence-corrected chi connectivity index (χ4v) is 8.52. The molecule has 1 unspecified atom stereocenters. The molecule has 0 spiro atoms. The molecule has 3 heterocycles. The van der Waals surface area contributed by atoms with Crippen molar-refractivity contribution in [2.75, 3.05) is 19.6 Å². The lowest BCUT2D eigenvalue weighted by Gasteiger charge is -2.26. The number of aromatic nitrogens is 2. The van der Waals surface area contributed by atoms with Crippen molar-refractivity contribution in [2.45, 2.75) is 101 Å². The molecule has 0 saturated heterocycles. The van der Waals surface area contributed by atoms with E-state index in [2.05, 4.69) is 55.0 Å². The second-order valence-corrected chi connectivity index (χ2v) is 17.9. The number of carbonyl (C=O) groups is 7. The summed E-state index contributed by atoms with van der Waals surface area (Å²) >= 11 is 0. The highest BCUT2D eigenvalue weighted by molar-refractivity contribution is 5.98. The minimum atomic E-state index is -1.26. The van der Waals surface area contributed by atoms with E-state index in [1.807, 2.05) is 83.8 Å². The Bertz CT molecular complexity index is 2720. The molecule has 0 fully saturated rings. The fraction of sp³-hybridized carbons (Fsp3) is 0.377. The van der Waals surface area contributed by atoms with Crippen LogP contribution in [0.1, 0.15) is 62.6 Å². The van der Waals surface area contributed by atoms with Gasteiger partial charge in [0.1, 0.15) is 24.2 Å². The Balaban J connectivity index is 1.35. The van der Waals surface area contributed by atoms with Gasteiger partial charge in [0.05, 0.1) is 18.6 Å². The van der Waals surface area contributed by atoms with Crippen LogP contribution in [0.5, 0.6) is 0 Å². The molecule has 1 aliphatic heterocycles. The zero-order valence-electron chi connectivity index (χ0n) is 39.7. The van der Waals surface area contributed by atoms with Crippen LogP contribution in [0.25, 0.3) is 21.8 Å². The van der Waals surface area contributed by atoms with Gasteiger partial charge in [-0.2, -0.15) is 0 Å². The van der Waals surface area contributed by atoms with Crippen molar-refractivity contribution in [3.05, 3.63) is 121 Å². The number of Topliss-reactive ketones (excluding diaryl/α,β-unsaturated/α-hetero) is 1. The molecule has 1 aliphatic rings. The molecule has 7 atom stereocenters. The first-order valence-corrected chi connectivity index (χ1v) is 23.7. The number of hydrogen-bond acceptors (Lipinski definition) is 9. The van der Waals surface area contributed by atoms with Gasteiger partial charge >= 0.3 is 0 Å². The van der Waals surface area contributed by atoms with Crippen LogP contribution < -0.4 is 38.1 Å². The van der Waals surface area contributed by atoms with E-state index in [1.165, 1.54) is 13.8 Å². The van der Waals surface area contributed by atoms with E-state index in [0.717, 1.165) is 32.9 Å². The summed E-state index contributed by atoms with van der Waals surface area (Å²) in [5, 5.41) is 15.6. The number of ketones is 1. The van der Waals surface area contributed by atoms with E-state index < -0.39 is 83.4 Å². The molecule has 0 saturated carbocycles. The summed E-state index contributed by atoms with van der Waals surface area (Å²) in [6, 6.07) is 17.3. The summed E-state index contributed by atoms with van der Waals surface area (Å²) in [7, 11) is 0. The molecule has 0 radical (unpaired) electrons. The van der Waals surface area contributed by atoms with E-state index in [9.17, 15) is 33.6 Å². The molecular formula is C53H64N10O7. The van der Waals surface area contributed by atoms with Gasteiger partial charge in [-0.25, -0.2) is 0 Å². The standard InChI is InChI=1S/C53H64N10O7/c1-4-24-63-25-14-12-22-43(48(55)65)59-51(68)36(27-35-16-6-5-7-17-35)30-47(64)45(28-37-31-56-41-20-10-8-18-39(37)41)61-50(67)34(3)58-53(70)46(29-38-32-57-42-21-11-9-19-40(38)42)62-52(69)44(23-13-15-26-63)60-49(66)33(2)54/h4-11,16-21,31-34,36,43-46,56-57H,1,12,14,22-30,54H2,2-3H3,(H2,55,65)(H,58,70)(H,59,68)(H,60,66)(H,61,67)(H,62,69)/t33-,34-,36-,43-,44?,45-,46+/m0/s1. The van der Waals surface area contributed by atoms with Gasteiger partial charge in [0.25, 0.3) is 0 Å². The van der Waals surface area contributed by atoms with Crippen LogP contribution in [-0.4, -0.2) is 112 Å². The Hall–Kier alpha value is -7.55. The summed E-state index contributed by atoms with van der Waals surface area (Å²) < 4.78 is 0. The molecular weight excluding hydrogens is 889 g/mol. The van der Waals surface area contributed by atoms with Gasteiger partial charge in [0.15, 0.2) is 5.78 Å². The van der Waals surface area contributed by atoms with Gasteiger partial charge in [-0.15, -0.1) is 6.58 Å². The monoisotopic (exact) mass is 952 g/mol. The van der Waals surface area contributed by atoms with Crippen molar-refractivity contribution in [3.63, 3.8) is 0 Å². The van der Waals surface area contributed by atoms with Gasteiger partial charge in [0.2, 0.25) is 35.4 Å². The molecule has 17 nitrogen and oxygen atoms in total. The van der Waals surface area contributed by atoms with Gasteiger partial charge < -0.3 is 48.0 Å². The summed E-state index contributed by atoms with van der Waals surface area (Å²) in [5.41, 5.74) is 15.6. The maximum absolute atomic E-state index is 14.7. The van der Waals surface area contributed by atoms with E-state index in [0.29, 0.717) is 31.5 Å². The largest absolute Gasteiger partial charge is 0.368 e. The van der Waals surface area contributed by atoms with E-state index in [-0.39, 0.29) is 45.1 Å². The van der Waals surface area contributed by atoms with E-state index >= 15 is 0 Å². The number of benzene rings is 3. The Labute approximate surface area is 407 Å². The second kappa shape index (κ2) is 25.2. The number of aromatic amines is 2. The summed E-state index contributed by atoms with van der Waals surface area (Å²) in [6.07, 6.45) is 6.34. The Morgan fingerprint density at radius 1 is 0.771 bits per heavy atom. The van der Waals surface area contributed by atoms with Crippen LogP contribution in [0, 0.1) is 17.8 Å². The van der Waals surface area contributed by atoms with Crippen LogP contribution in [0.2, 0.25) is 0 Å². The molecule has 17 heteroatoms. The molecule has 0 bridgehead atoms. The number of fused-ring (bicyclic) bond motifs is 2. The molecule has 5 aromatic rings. The second-order valence-electron chi connectivity index (χ2n) is 17.9. The third kappa shape index (κ3) is 14.5. The van der Waals surface area contributed by atoms with Crippen LogP contribution in [0.4, 0.5) is 0 Å². The lowest BCUT2D eigenvalue weighted by molar-refractivity contribution is -0.135. The number of para-hydroxylation sites is 2. The maximum Gasteiger partial charge on any atom is 0.244 e. The number of amides is 6. The van der Waals surface area contributed by atoms with Crippen LogP contribution in [0.3, 0.4) is 0 Å². The molecule has 6 rings (SSSR count). The molecule has 0 aliphatic carbocycles. The third-order valence-electron chi connectivity index (χ3n) is 12.5. The van der Waals surface area contributed by atoms with Crippen molar-refractivity contribution >= 4 is 63.0 Å². The first-order chi connectivity index (χ1) is 33.7. The predicted octanol–water partition coefficient (Wildman–Crippen LogP) is 2.59. The quantitative estimate of drug-likeness (QED) is 0.0695. The smallest absolute Gasteiger partial charge is 0.244 e. The van der Waals surface area contributed by atoms with Crippen molar-refractivity contribution in [3.8, 4) is 11.8 Å². The Morgan fingerprint density at radius 3 is 2.01 bits per heavy atom. The lowest BCUT2D eigenvalue weighted by atomic mass is 9.89. The average molecular weight is 953 g/mol. The van der Waals surface area contributed by atoms with Crippen LogP contribution in [-0.2, 0) is 52.8 Å². The van der Waals surface area contributed by atoms with Crippen LogP contribution >= 0.6 is 0 Å². The van der Waals surface area contributed by atoms with Gasteiger partial charge in [-0.1, -0.05) is 84.6 Å². The highest BCUT2D eigenvalue weighted by Gasteiger charge is 2.34. The van der Waals surface area contributed by atoms with Gasteiger partial charge in [-0.3, -0.25) is 38.5 Å². The molecule has 70 heavy (non-hydrogen) atoms. The summed E-state index contributed by atoms with van der Waals surface area (Å²) in [5.74, 6) is 0.713. The Kier molecular flexibility index (Phi) is 18.6. The minimum absolute atomic E-state index is 0.00473. The van der Waals surface area contributed by atoms with Gasteiger partial charge in [0, 0.05) is 72.3 Å². The zero-order valence-corrected chi connectivity index (χ0v) is 39.7. The topological polar surface area (TPSA) is 266 Å². The number of carbonyl (C=O) groups excluding carboxylic acids is 7. The van der Waals surface area contributed by atoms with Crippen LogP contribution in [0.15, 0.2) is 104 Å².